The maximum absolute atomic E-state index is 11.8. The lowest BCUT2D eigenvalue weighted by Crippen LogP contribution is -2.52. The Bertz CT molecular complexity index is 643. The van der Waals surface area contributed by atoms with Crippen LogP contribution in [0.1, 0.15) is 0 Å². The standard InChI is InChI=1S/C17H18ClN3O2/c18-14-3-5-16(6-4-14)23-12-17(22)20-8-13-10-21(11-13)15-2-1-7-19-9-15/h1-7,9,13H,8,10-12H2,(H,20,22). The maximum atomic E-state index is 11.8. The Hall–Kier alpha value is -2.27. The molecule has 1 N–H and O–H groups in total. The number of amides is 1. The number of carbonyl (C=O) groups excluding carboxylic acids is 1. The number of halogens is 1. The van der Waals surface area contributed by atoms with Crippen LogP contribution >= 0.6 is 11.6 Å². The lowest BCUT2D eigenvalue weighted by molar-refractivity contribution is -0.123. The summed E-state index contributed by atoms with van der Waals surface area (Å²) in [6, 6.07) is 10.9. The number of nitrogens with zero attached hydrogens (tertiary/aromatic N) is 2. The van der Waals surface area contributed by atoms with Crippen LogP contribution in [-0.4, -0.2) is 37.1 Å². The second kappa shape index (κ2) is 7.33. The van der Waals surface area contributed by atoms with E-state index in [1.54, 1.807) is 30.5 Å². The number of pyridine rings is 1. The highest BCUT2D eigenvalue weighted by Crippen LogP contribution is 2.22. The van der Waals surface area contributed by atoms with E-state index in [1.165, 1.54) is 0 Å². The van der Waals surface area contributed by atoms with E-state index in [2.05, 4.69) is 15.2 Å². The normalized spacial score (nSPS) is 14.2. The quantitative estimate of drug-likeness (QED) is 0.883. The number of anilines is 1. The molecule has 1 aromatic carbocycles. The lowest BCUT2D eigenvalue weighted by atomic mass is 9.99. The van der Waals surface area contributed by atoms with Gasteiger partial charge in [0.1, 0.15) is 5.75 Å². The highest BCUT2D eigenvalue weighted by Gasteiger charge is 2.27. The van der Waals surface area contributed by atoms with Crippen molar-refractivity contribution in [2.24, 2.45) is 5.92 Å². The van der Waals surface area contributed by atoms with Gasteiger partial charge in [-0.25, -0.2) is 0 Å². The fourth-order valence-electron chi connectivity index (χ4n) is 2.44. The first-order valence-electron chi connectivity index (χ1n) is 7.51. The van der Waals surface area contributed by atoms with Crippen LogP contribution in [0.2, 0.25) is 5.02 Å². The largest absolute Gasteiger partial charge is 0.484 e. The number of carbonyl (C=O) groups is 1. The zero-order valence-corrected chi connectivity index (χ0v) is 13.4. The molecule has 5 nitrogen and oxygen atoms in total. The predicted octanol–water partition coefficient (Wildman–Crippen LogP) is 2.37. The van der Waals surface area contributed by atoms with Crippen LogP contribution in [0.15, 0.2) is 48.8 Å². The first-order chi connectivity index (χ1) is 11.2. The number of benzene rings is 1. The molecule has 0 radical (unpaired) electrons. The van der Waals surface area contributed by atoms with Gasteiger partial charge in [-0.05, 0) is 36.4 Å². The molecule has 0 aliphatic carbocycles. The van der Waals surface area contributed by atoms with Gasteiger partial charge in [-0.1, -0.05) is 11.6 Å². The third-order valence-electron chi connectivity index (χ3n) is 3.74. The van der Waals surface area contributed by atoms with Gasteiger partial charge in [0.25, 0.3) is 5.91 Å². The molecule has 1 aliphatic rings. The monoisotopic (exact) mass is 331 g/mol. The van der Waals surface area contributed by atoms with E-state index in [1.807, 2.05) is 18.3 Å². The molecule has 1 amide bonds. The summed E-state index contributed by atoms with van der Waals surface area (Å²) < 4.78 is 5.41. The fraction of sp³-hybridized carbons (Fsp3) is 0.294. The summed E-state index contributed by atoms with van der Waals surface area (Å²) in [7, 11) is 0. The Balaban J connectivity index is 1.33. The zero-order valence-electron chi connectivity index (χ0n) is 12.6. The molecular weight excluding hydrogens is 314 g/mol. The third kappa shape index (κ3) is 4.36. The van der Waals surface area contributed by atoms with Crippen LogP contribution in [0.5, 0.6) is 5.75 Å². The Morgan fingerprint density at radius 2 is 2.09 bits per heavy atom. The fourth-order valence-corrected chi connectivity index (χ4v) is 2.57. The minimum Gasteiger partial charge on any atom is -0.484 e. The van der Waals surface area contributed by atoms with E-state index in [4.69, 9.17) is 16.3 Å². The van der Waals surface area contributed by atoms with Gasteiger partial charge in [0.2, 0.25) is 0 Å². The highest BCUT2D eigenvalue weighted by molar-refractivity contribution is 6.30. The smallest absolute Gasteiger partial charge is 0.257 e. The van der Waals surface area contributed by atoms with Gasteiger partial charge >= 0.3 is 0 Å². The van der Waals surface area contributed by atoms with Gasteiger partial charge < -0.3 is 15.0 Å². The van der Waals surface area contributed by atoms with E-state index in [0.29, 0.717) is 23.2 Å². The van der Waals surface area contributed by atoms with Crippen LogP contribution in [0.25, 0.3) is 0 Å². The summed E-state index contributed by atoms with van der Waals surface area (Å²) in [6.45, 7) is 2.55. The van der Waals surface area contributed by atoms with Crippen LogP contribution in [0, 0.1) is 5.92 Å². The molecule has 120 valence electrons. The number of ether oxygens (including phenoxy) is 1. The molecule has 1 fully saturated rings. The molecule has 6 heteroatoms. The number of hydrogen-bond acceptors (Lipinski definition) is 4. The third-order valence-corrected chi connectivity index (χ3v) is 3.99. The molecule has 0 spiro atoms. The van der Waals surface area contributed by atoms with Crippen LogP contribution in [0.3, 0.4) is 0 Å². The van der Waals surface area contributed by atoms with Crippen molar-refractivity contribution >= 4 is 23.2 Å². The van der Waals surface area contributed by atoms with Crippen molar-refractivity contribution in [2.45, 2.75) is 0 Å². The van der Waals surface area contributed by atoms with Crippen molar-refractivity contribution in [1.29, 1.82) is 0 Å². The Morgan fingerprint density at radius 3 is 2.78 bits per heavy atom. The summed E-state index contributed by atoms with van der Waals surface area (Å²) in [5.74, 6) is 0.991. The van der Waals surface area contributed by atoms with E-state index in [9.17, 15) is 4.79 Å². The molecule has 0 unspecified atom stereocenters. The molecule has 3 rings (SSSR count). The van der Waals surface area contributed by atoms with Crippen LogP contribution < -0.4 is 15.0 Å². The molecular formula is C17H18ClN3O2. The molecule has 0 bridgehead atoms. The summed E-state index contributed by atoms with van der Waals surface area (Å²) in [4.78, 5) is 18.1. The van der Waals surface area contributed by atoms with E-state index >= 15 is 0 Å². The Labute approximate surface area is 140 Å². The molecule has 0 atom stereocenters. The molecule has 0 saturated carbocycles. The van der Waals surface area contributed by atoms with Crippen molar-refractivity contribution in [3.05, 3.63) is 53.8 Å². The summed E-state index contributed by atoms with van der Waals surface area (Å²) in [5, 5.41) is 3.55. The van der Waals surface area contributed by atoms with Gasteiger partial charge in [-0.3, -0.25) is 9.78 Å². The average molecular weight is 332 g/mol. The first kappa shape index (κ1) is 15.6. The van der Waals surface area contributed by atoms with Gasteiger partial charge in [-0.15, -0.1) is 0 Å². The van der Waals surface area contributed by atoms with Gasteiger partial charge in [0.05, 0.1) is 11.9 Å². The Morgan fingerprint density at radius 1 is 1.30 bits per heavy atom. The highest BCUT2D eigenvalue weighted by atomic mass is 35.5. The zero-order chi connectivity index (χ0) is 16.1. The predicted molar refractivity (Wildman–Crippen MR) is 89.9 cm³/mol. The number of hydrogen-bond donors (Lipinski definition) is 1. The second-order valence-electron chi connectivity index (χ2n) is 5.53. The molecule has 23 heavy (non-hydrogen) atoms. The van der Waals surface area contributed by atoms with E-state index in [0.717, 1.165) is 18.8 Å². The van der Waals surface area contributed by atoms with Gasteiger partial charge in [-0.2, -0.15) is 0 Å². The lowest BCUT2D eigenvalue weighted by Gasteiger charge is -2.40. The van der Waals surface area contributed by atoms with Crippen molar-refractivity contribution in [3.8, 4) is 5.75 Å². The van der Waals surface area contributed by atoms with Crippen molar-refractivity contribution < 1.29 is 9.53 Å². The van der Waals surface area contributed by atoms with Crippen molar-refractivity contribution in [1.82, 2.24) is 10.3 Å². The first-order valence-corrected chi connectivity index (χ1v) is 7.88. The average Bonchev–Trinajstić information content (AvgIpc) is 2.54. The molecule has 1 saturated heterocycles. The molecule has 2 heterocycles. The minimum atomic E-state index is -0.111. The summed E-state index contributed by atoms with van der Waals surface area (Å²) >= 11 is 5.79. The number of aromatic nitrogens is 1. The SMILES string of the molecule is O=C(COc1ccc(Cl)cc1)NCC1CN(c2cccnc2)C1. The number of nitrogens with one attached hydrogen (secondary N) is 1. The van der Waals surface area contributed by atoms with Gasteiger partial charge in [0, 0.05) is 36.8 Å². The second-order valence-corrected chi connectivity index (χ2v) is 5.97. The van der Waals surface area contributed by atoms with Crippen molar-refractivity contribution in [2.75, 3.05) is 31.1 Å². The van der Waals surface area contributed by atoms with E-state index < -0.39 is 0 Å². The molecule has 1 aliphatic heterocycles. The topological polar surface area (TPSA) is 54.5 Å². The molecule has 2 aromatic rings. The summed E-state index contributed by atoms with van der Waals surface area (Å²) in [6.07, 6.45) is 3.62. The maximum Gasteiger partial charge on any atom is 0.257 e. The molecule has 1 aromatic heterocycles. The summed E-state index contributed by atoms with van der Waals surface area (Å²) in [5.41, 5.74) is 1.13. The Kier molecular flexibility index (Phi) is 4.98. The van der Waals surface area contributed by atoms with Crippen molar-refractivity contribution in [3.63, 3.8) is 0 Å². The number of rotatable bonds is 6. The van der Waals surface area contributed by atoms with E-state index in [-0.39, 0.29) is 12.5 Å². The van der Waals surface area contributed by atoms with Crippen LogP contribution in [-0.2, 0) is 4.79 Å². The van der Waals surface area contributed by atoms with Gasteiger partial charge in [0.15, 0.2) is 6.61 Å². The van der Waals surface area contributed by atoms with Crippen LogP contribution in [0.4, 0.5) is 5.69 Å². The minimum absolute atomic E-state index is 0.0146.